The zero-order valence-electron chi connectivity index (χ0n) is 20.3. The predicted octanol–water partition coefficient (Wildman–Crippen LogP) is 3.11. The van der Waals surface area contributed by atoms with Gasteiger partial charge in [-0.25, -0.2) is 4.99 Å². The molecule has 2 aliphatic rings. The molecule has 0 saturated heterocycles. The largest absolute Gasteiger partial charge is 0.404 e. The zero-order chi connectivity index (χ0) is 25.4. The van der Waals surface area contributed by atoms with Crippen LogP contribution in [0, 0.1) is 11.3 Å². The van der Waals surface area contributed by atoms with Crippen molar-refractivity contribution in [3.63, 3.8) is 0 Å². The number of allylic oxidation sites excluding steroid dienone is 5. The van der Waals surface area contributed by atoms with Crippen LogP contribution in [0.5, 0.6) is 0 Å². The zero-order valence-corrected chi connectivity index (χ0v) is 20.3. The summed E-state index contributed by atoms with van der Waals surface area (Å²) in [4.78, 5) is 16.1. The summed E-state index contributed by atoms with van der Waals surface area (Å²) in [6.07, 6.45) is 14.2. The number of nitrogens with zero attached hydrogens (tertiary/aromatic N) is 1. The van der Waals surface area contributed by atoms with Gasteiger partial charge in [-0.2, -0.15) is 0 Å². The number of fused-ring (bicyclic) bond motifs is 1. The molecule has 1 atom stereocenters. The first-order valence-electron chi connectivity index (χ1n) is 11.5. The Hall–Kier alpha value is -4.33. The fraction of sp³-hybridized carbons (Fsp3) is 0.222. The van der Waals surface area contributed by atoms with E-state index in [0.29, 0.717) is 29.3 Å². The molecule has 0 saturated carbocycles. The summed E-state index contributed by atoms with van der Waals surface area (Å²) in [6, 6.07) is 7.42. The van der Waals surface area contributed by atoms with Crippen LogP contribution in [0.1, 0.15) is 36.7 Å². The first-order chi connectivity index (χ1) is 16.8. The van der Waals surface area contributed by atoms with Crippen molar-refractivity contribution in [1.82, 2.24) is 16.0 Å². The van der Waals surface area contributed by atoms with E-state index in [4.69, 9.17) is 21.9 Å². The third-order valence-corrected chi connectivity index (χ3v) is 5.60. The number of rotatable bonds is 9. The Labute approximate surface area is 206 Å². The van der Waals surface area contributed by atoms with Gasteiger partial charge in [0.05, 0.1) is 11.7 Å². The van der Waals surface area contributed by atoms with Crippen molar-refractivity contribution in [3.05, 3.63) is 107 Å². The number of amidine groups is 1. The number of carbonyl (C=O) groups excluding carboxylic acids is 1. The quantitative estimate of drug-likeness (QED) is 0.186. The lowest BCUT2D eigenvalue weighted by molar-refractivity contribution is 0.101. The van der Waals surface area contributed by atoms with E-state index in [-0.39, 0.29) is 17.7 Å². The molecule has 35 heavy (non-hydrogen) atoms. The molecule has 0 aromatic heterocycles. The van der Waals surface area contributed by atoms with E-state index in [1.807, 2.05) is 62.5 Å². The summed E-state index contributed by atoms with van der Waals surface area (Å²) in [5, 5.41) is 17.5. The first-order valence-corrected chi connectivity index (χ1v) is 11.5. The van der Waals surface area contributed by atoms with Crippen LogP contribution in [-0.2, 0) is 6.54 Å². The number of ketones is 1. The second kappa shape index (κ2) is 11.7. The summed E-state index contributed by atoms with van der Waals surface area (Å²) in [6.45, 7) is 6.22. The molecule has 0 aliphatic carbocycles. The molecule has 182 valence electrons. The van der Waals surface area contributed by atoms with Crippen molar-refractivity contribution in [3.8, 4) is 0 Å². The number of nitrogens with two attached hydrogens (primary N) is 2. The molecule has 0 fully saturated rings. The van der Waals surface area contributed by atoms with Gasteiger partial charge in [-0.15, -0.1) is 0 Å². The molecule has 1 aromatic carbocycles. The average Bonchev–Trinajstić information content (AvgIpc) is 2.85. The minimum atomic E-state index is -0.0515. The topological polar surface area (TPSA) is 141 Å². The number of hydrogen-bond acceptors (Lipinski definition) is 8. The van der Waals surface area contributed by atoms with E-state index < -0.39 is 0 Å². The number of benzene rings is 1. The molecule has 1 unspecified atom stereocenters. The van der Waals surface area contributed by atoms with Crippen LogP contribution in [-0.4, -0.2) is 23.9 Å². The van der Waals surface area contributed by atoms with Crippen LogP contribution in [0.2, 0.25) is 0 Å². The molecule has 0 spiro atoms. The third kappa shape index (κ3) is 6.83. The second-order valence-electron chi connectivity index (χ2n) is 8.59. The Morgan fingerprint density at radius 3 is 2.66 bits per heavy atom. The van der Waals surface area contributed by atoms with Gasteiger partial charge in [0.15, 0.2) is 5.78 Å². The average molecular weight is 472 g/mol. The van der Waals surface area contributed by atoms with Gasteiger partial charge in [0, 0.05) is 41.9 Å². The molecular formula is C27H33N7O. The van der Waals surface area contributed by atoms with Gasteiger partial charge in [-0.3, -0.25) is 4.79 Å². The minimum Gasteiger partial charge on any atom is -0.404 e. The molecule has 1 aromatic rings. The third-order valence-electron chi connectivity index (χ3n) is 5.60. The molecule has 8 nitrogen and oxygen atoms in total. The van der Waals surface area contributed by atoms with E-state index in [2.05, 4.69) is 16.0 Å². The molecule has 2 heterocycles. The monoisotopic (exact) mass is 471 g/mol. The molecule has 8 heteroatoms. The Morgan fingerprint density at radius 1 is 1.29 bits per heavy atom. The molecule has 8 N–H and O–H groups in total. The van der Waals surface area contributed by atoms with Crippen LogP contribution < -0.4 is 27.4 Å². The van der Waals surface area contributed by atoms with Crippen LogP contribution >= 0.6 is 0 Å². The van der Waals surface area contributed by atoms with Crippen molar-refractivity contribution in [2.75, 3.05) is 0 Å². The lowest BCUT2D eigenvalue weighted by Crippen LogP contribution is -2.34. The Kier molecular flexibility index (Phi) is 8.45. The first kappa shape index (κ1) is 25.3. The second-order valence-corrected chi connectivity index (χ2v) is 8.59. The molecule has 0 bridgehead atoms. The normalized spacial score (nSPS) is 18.1. The number of carbonyl (C=O) groups is 1. The molecule has 2 aliphatic heterocycles. The Balaban J connectivity index is 1.69. The number of nitrogens with one attached hydrogen (secondary N) is 4. The van der Waals surface area contributed by atoms with Gasteiger partial charge < -0.3 is 32.8 Å². The maximum absolute atomic E-state index is 11.4. The smallest absolute Gasteiger partial charge is 0.159 e. The van der Waals surface area contributed by atoms with Gasteiger partial charge in [-0.05, 0) is 48.4 Å². The van der Waals surface area contributed by atoms with E-state index in [1.54, 1.807) is 25.4 Å². The highest BCUT2D eigenvalue weighted by Crippen LogP contribution is 2.22. The fourth-order valence-corrected chi connectivity index (χ4v) is 3.53. The van der Waals surface area contributed by atoms with Crippen LogP contribution in [0.25, 0.3) is 0 Å². The highest BCUT2D eigenvalue weighted by Gasteiger charge is 2.20. The lowest BCUT2D eigenvalue weighted by atomic mass is 10.0. The van der Waals surface area contributed by atoms with Crippen molar-refractivity contribution in [2.45, 2.75) is 33.4 Å². The standard InChI is InChI=1S/C27H33N7O/c1-17(2)21(12-28)11-26(30)34-27-9-8-24-25(33-27)10-22(16-32-24)23(13-29)15-31-14-19-4-6-20(7-5-19)18(3)35/h4-13,15-17,24,29,31-32H,14,28,30H2,1-3H3,(H,33,34)/b21-12+,23-15+,26-11+,29-13?. The lowest BCUT2D eigenvalue weighted by Gasteiger charge is -2.24. The summed E-state index contributed by atoms with van der Waals surface area (Å²) in [5.41, 5.74) is 16.8. The van der Waals surface area contributed by atoms with Gasteiger partial charge in [0.2, 0.25) is 0 Å². The van der Waals surface area contributed by atoms with Crippen molar-refractivity contribution >= 4 is 17.8 Å². The Bertz CT molecular complexity index is 1180. The van der Waals surface area contributed by atoms with Gasteiger partial charge in [0.1, 0.15) is 11.7 Å². The van der Waals surface area contributed by atoms with E-state index in [9.17, 15) is 4.79 Å². The summed E-state index contributed by atoms with van der Waals surface area (Å²) in [7, 11) is 0. The number of hydrogen-bond donors (Lipinski definition) is 6. The van der Waals surface area contributed by atoms with Gasteiger partial charge in [-0.1, -0.05) is 44.2 Å². The van der Waals surface area contributed by atoms with Crippen molar-refractivity contribution in [1.29, 1.82) is 5.41 Å². The maximum Gasteiger partial charge on any atom is 0.159 e. The van der Waals surface area contributed by atoms with E-state index in [0.717, 1.165) is 22.4 Å². The van der Waals surface area contributed by atoms with Crippen LogP contribution in [0.4, 0.5) is 0 Å². The summed E-state index contributed by atoms with van der Waals surface area (Å²) in [5.74, 6) is 1.38. The summed E-state index contributed by atoms with van der Waals surface area (Å²) < 4.78 is 0. The highest BCUT2D eigenvalue weighted by molar-refractivity contribution is 5.96. The predicted molar refractivity (Wildman–Crippen MR) is 142 cm³/mol. The van der Waals surface area contributed by atoms with E-state index in [1.165, 1.54) is 6.21 Å². The van der Waals surface area contributed by atoms with Crippen molar-refractivity contribution < 1.29 is 4.79 Å². The number of dihydropyridines is 2. The van der Waals surface area contributed by atoms with E-state index >= 15 is 0 Å². The highest BCUT2D eigenvalue weighted by atomic mass is 16.1. The minimum absolute atomic E-state index is 0.0450. The molecule has 3 rings (SSSR count). The molecule has 0 radical (unpaired) electrons. The fourth-order valence-electron chi connectivity index (χ4n) is 3.53. The van der Waals surface area contributed by atoms with Crippen molar-refractivity contribution in [2.24, 2.45) is 22.4 Å². The van der Waals surface area contributed by atoms with Gasteiger partial charge in [0.25, 0.3) is 0 Å². The number of aliphatic imine (C=N–C) groups is 1. The Morgan fingerprint density at radius 2 is 2.03 bits per heavy atom. The number of Topliss-reactive ketones (excluding diaryl/α,β-unsaturated/α-hetero) is 1. The summed E-state index contributed by atoms with van der Waals surface area (Å²) >= 11 is 0. The van der Waals surface area contributed by atoms with Gasteiger partial charge >= 0.3 is 0 Å². The van der Waals surface area contributed by atoms with Crippen LogP contribution in [0.3, 0.4) is 0 Å². The molecular weight excluding hydrogens is 438 g/mol. The molecule has 0 amide bonds. The maximum atomic E-state index is 11.4. The van der Waals surface area contributed by atoms with Crippen LogP contribution in [0.15, 0.2) is 100 Å². The SMILES string of the molecule is CC(=O)c1ccc(CN/C=C(\C=N)C2=CNC3C=CC(N/C(N)=C/C(=C\N)C(C)C)=NC3=C2)cc1.